The molecule has 0 aliphatic carbocycles. The lowest BCUT2D eigenvalue weighted by atomic mass is 10.2. The molecule has 0 bridgehead atoms. The fourth-order valence-electron chi connectivity index (χ4n) is 0.977. The summed E-state index contributed by atoms with van der Waals surface area (Å²) in [5.41, 5.74) is 5.43. The van der Waals surface area contributed by atoms with Crippen molar-refractivity contribution in [2.45, 2.75) is 0 Å². The van der Waals surface area contributed by atoms with Crippen molar-refractivity contribution in [3.63, 3.8) is 0 Å². The lowest BCUT2D eigenvalue weighted by Crippen LogP contribution is -2.05. The van der Waals surface area contributed by atoms with Crippen LogP contribution >= 0.6 is 0 Å². The first-order valence-electron chi connectivity index (χ1n) is 3.94. The van der Waals surface area contributed by atoms with Gasteiger partial charge in [-0.15, -0.1) is 0 Å². The maximum Gasteiger partial charge on any atom is 0.241 e. The zero-order valence-electron chi connectivity index (χ0n) is 7.66. The topological polar surface area (TPSA) is 52.3 Å². The summed E-state index contributed by atoms with van der Waals surface area (Å²) in [5, 5.41) is 0. The third kappa shape index (κ3) is 2.90. The number of carbonyl (C=O) groups is 1. The van der Waals surface area contributed by atoms with Crippen molar-refractivity contribution in [1.29, 1.82) is 0 Å². The SMILES string of the molecule is COc1cc(F)cc(C=CC(N)=O)c1. The maximum absolute atomic E-state index is 12.9. The van der Waals surface area contributed by atoms with Gasteiger partial charge in [0.25, 0.3) is 0 Å². The van der Waals surface area contributed by atoms with E-state index in [-0.39, 0.29) is 0 Å². The van der Waals surface area contributed by atoms with Crippen LogP contribution in [0.25, 0.3) is 6.08 Å². The predicted octanol–water partition coefficient (Wildman–Crippen LogP) is 1.33. The molecule has 4 heteroatoms. The molecule has 3 nitrogen and oxygen atoms in total. The summed E-state index contributed by atoms with van der Waals surface area (Å²) in [6.07, 6.45) is 2.59. The van der Waals surface area contributed by atoms with Crippen molar-refractivity contribution in [1.82, 2.24) is 0 Å². The minimum absolute atomic E-state index is 0.397. The van der Waals surface area contributed by atoms with Crippen molar-refractivity contribution in [3.8, 4) is 5.75 Å². The minimum Gasteiger partial charge on any atom is -0.497 e. The first-order valence-corrected chi connectivity index (χ1v) is 3.94. The standard InChI is InChI=1S/C10H10FNO2/c1-14-9-5-7(2-3-10(12)13)4-8(11)6-9/h2-6H,1H3,(H2,12,13). The number of rotatable bonds is 3. The van der Waals surface area contributed by atoms with Crippen molar-refractivity contribution < 1.29 is 13.9 Å². The molecule has 14 heavy (non-hydrogen) atoms. The predicted molar refractivity (Wildman–Crippen MR) is 51.2 cm³/mol. The Hall–Kier alpha value is -1.84. The van der Waals surface area contributed by atoms with Crippen molar-refractivity contribution in [2.24, 2.45) is 5.73 Å². The van der Waals surface area contributed by atoms with Crippen LogP contribution in [0.2, 0.25) is 0 Å². The van der Waals surface area contributed by atoms with E-state index in [0.717, 1.165) is 6.08 Å². The number of hydrogen-bond acceptors (Lipinski definition) is 2. The molecule has 1 rings (SSSR count). The Morgan fingerprint density at radius 1 is 1.50 bits per heavy atom. The lowest BCUT2D eigenvalue weighted by molar-refractivity contribution is -0.113. The van der Waals surface area contributed by atoms with E-state index in [1.54, 1.807) is 6.07 Å². The molecular formula is C10H10FNO2. The summed E-state index contributed by atoms with van der Waals surface area (Å²) in [6.45, 7) is 0. The molecule has 0 fully saturated rings. The van der Waals surface area contributed by atoms with Gasteiger partial charge in [0, 0.05) is 12.1 Å². The molecule has 1 amide bonds. The second-order valence-electron chi connectivity index (χ2n) is 2.66. The Labute approximate surface area is 81.0 Å². The number of ether oxygens (including phenoxy) is 1. The molecule has 0 unspecified atom stereocenters. The molecule has 0 saturated carbocycles. The number of methoxy groups -OCH3 is 1. The van der Waals surface area contributed by atoms with E-state index in [1.807, 2.05) is 0 Å². The van der Waals surface area contributed by atoms with Crippen LogP contribution in [0.3, 0.4) is 0 Å². The van der Waals surface area contributed by atoms with E-state index in [9.17, 15) is 9.18 Å². The zero-order valence-corrected chi connectivity index (χ0v) is 7.66. The van der Waals surface area contributed by atoms with Gasteiger partial charge in [0.2, 0.25) is 5.91 Å². The normalized spacial score (nSPS) is 10.4. The molecule has 0 saturated heterocycles. The summed E-state index contributed by atoms with van der Waals surface area (Å²) in [6, 6.07) is 4.13. The number of amides is 1. The van der Waals surface area contributed by atoms with Crippen LogP contribution in [0.4, 0.5) is 4.39 Å². The second-order valence-corrected chi connectivity index (χ2v) is 2.66. The van der Waals surface area contributed by atoms with Crippen molar-refractivity contribution >= 4 is 12.0 Å². The van der Waals surface area contributed by atoms with Crippen LogP contribution in [0, 0.1) is 5.82 Å². The number of benzene rings is 1. The molecule has 0 aliphatic heterocycles. The Bertz CT molecular complexity index is 374. The van der Waals surface area contributed by atoms with Gasteiger partial charge >= 0.3 is 0 Å². The Morgan fingerprint density at radius 3 is 2.79 bits per heavy atom. The third-order valence-corrected chi connectivity index (χ3v) is 1.57. The summed E-state index contributed by atoms with van der Waals surface area (Å²) in [7, 11) is 1.44. The second kappa shape index (κ2) is 4.41. The van der Waals surface area contributed by atoms with Gasteiger partial charge in [-0.2, -0.15) is 0 Å². The smallest absolute Gasteiger partial charge is 0.241 e. The van der Waals surface area contributed by atoms with Crippen LogP contribution in [-0.4, -0.2) is 13.0 Å². The van der Waals surface area contributed by atoms with Gasteiger partial charge in [-0.05, 0) is 23.8 Å². The molecule has 0 aromatic heterocycles. The molecule has 2 N–H and O–H groups in total. The van der Waals surface area contributed by atoms with Gasteiger partial charge in [0.05, 0.1) is 7.11 Å². The fraction of sp³-hybridized carbons (Fsp3) is 0.100. The number of nitrogens with two attached hydrogens (primary N) is 1. The minimum atomic E-state index is -0.576. The van der Waals surface area contributed by atoms with Crippen molar-refractivity contribution in [2.75, 3.05) is 7.11 Å². The van der Waals surface area contributed by atoms with E-state index in [1.165, 1.54) is 25.3 Å². The van der Waals surface area contributed by atoms with Crippen LogP contribution in [0.5, 0.6) is 5.75 Å². The molecule has 0 radical (unpaired) electrons. The highest BCUT2D eigenvalue weighted by atomic mass is 19.1. The molecular weight excluding hydrogens is 185 g/mol. The van der Waals surface area contributed by atoms with Crippen LogP contribution in [0.1, 0.15) is 5.56 Å². The van der Waals surface area contributed by atoms with E-state index in [2.05, 4.69) is 0 Å². The van der Waals surface area contributed by atoms with Gasteiger partial charge in [-0.25, -0.2) is 4.39 Å². The molecule has 1 aromatic rings. The first-order chi connectivity index (χ1) is 6.61. The number of halogens is 1. The third-order valence-electron chi connectivity index (χ3n) is 1.57. The van der Waals surface area contributed by atoms with Gasteiger partial charge in [-0.3, -0.25) is 4.79 Å². The molecule has 0 heterocycles. The van der Waals surface area contributed by atoms with Crippen LogP contribution in [-0.2, 0) is 4.79 Å². The quantitative estimate of drug-likeness (QED) is 0.740. The largest absolute Gasteiger partial charge is 0.497 e. The summed E-state index contributed by atoms with van der Waals surface area (Å²) >= 11 is 0. The number of hydrogen-bond donors (Lipinski definition) is 1. The van der Waals surface area contributed by atoms with E-state index in [4.69, 9.17) is 10.5 Å². The van der Waals surface area contributed by atoms with E-state index in [0.29, 0.717) is 11.3 Å². The summed E-state index contributed by atoms with van der Waals surface area (Å²) in [4.78, 5) is 10.4. The van der Waals surface area contributed by atoms with E-state index < -0.39 is 11.7 Å². The Balaban J connectivity index is 2.97. The average Bonchev–Trinajstić information content (AvgIpc) is 2.14. The van der Waals surface area contributed by atoms with Gasteiger partial charge < -0.3 is 10.5 Å². The highest BCUT2D eigenvalue weighted by molar-refractivity contribution is 5.90. The van der Waals surface area contributed by atoms with Crippen LogP contribution < -0.4 is 10.5 Å². The molecule has 1 aromatic carbocycles. The Kier molecular flexibility index (Phi) is 3.23. The van der Waals surface area contributed by atoms with Crippen LogP contribution in [0.15, 0.2) is 24.3 Å². The van der Waals surface area contributed by atoms with Gasteiger partial charge in [-0.1, -0.05) is 0 Å². The number of primary amides is 1. The molecule has 0 aliphatic rings. The van der Waals surface area contributed by atoms with Gasteiger partial charge in [0.1, 0.15) is 11.6 Å². The lowest BCUT2D eigenvalue weighted by Gasteiger charge is -2.01. The summed E-state index contributed by atoms with van der Waals surface area (Å²) < 4.78 is 17.8. The highest BCUT2D eigenvalue weighted by Crippen LogP contribution is 2.16. The monoisotopic (exact) mass is 195 g/mol. The zero-order chi connectivity index (χ0) is 10.6. The first kappa shape index (κ1) is 10.2. The van der Waals surface area contributed by atoms with Crippen molar-refractivity contribution in [3.05, 3.63) is 35.7 Å². The molecule has 0 atom stereocenters. The van der Waals surface area contributed by atoms with E-state index >= 15 is 0 Å². The maximum atomic E-state index is 12.9. The summed E-state index contributed by atoms with van der Waals surface area (Å²) in [5.74, 6) is -0.601. The average molecular weight is 195 g/mol. The number of carbonyl (C=O) groups excluding carboxylic acids is 1. The Morgan fingerprint density at radius 2 is 2.21 bits per heavy atom. The fourth-order valence-corrected chi connectivity index (χ4v) is 0.977. The molecule has 74 valence electrons. The molecule has 0 spiro atoms. The highest BCUT2D eigenvalue weighted by Gasteiger charge is 1.98. The van der Waals surface area contributed by atoms with Gasteiger partial charge in [0.15, 0.2) is 0 Å².